The summed E-state index contributed by atoms with van der Waals surface area (Å²) in [7, 11) is 0. The highest BCUT2D eigenvalue weighted by atomic mass is 19.1. The highest BCUT2D eigenvalue weighted by Gasteiger charge is 2.29. The first kappa shape index (κ1) is 20.1. The average Bonchev–Trinajstić information content (AvgIpc) is 3.14. The van der Waals surface area contributed by atoms with Gasteiger partial charge in [-0.15, -0.1) is 0 Å². The minimum Gasteiger partial charge on any atom is -0.352 e. The van der Waals surface area contributed by atoms with Gasteiger partial charge in [0.1, 0.15) is 5.82 Å². The molecule has 0 spiro atoms. The number of aryl methyl sites for hydroxylation is 2. The fraction of sp³-hybridized carbons (Fsp3) is 0.391. The van der Waals surface area contributed by atoms with E-state index in [0.717, 1.165) is 19.4 Å². The molecule has 1 aliphatic heterocycles. The number of carbonyl (C=O) groups is 2. The molecule has 2 amide bonds. The second kappa shape index (κ2) is 9.00. The van der Waals surface area contributed by atoms with Gasteiger partial charge in [-0.05, 0) is 62.9 Å². The van der Waals surface area contributed by atoms with Crippen molar-refractivity contribution in [3.05, 3.63) is 70.5 Å². The molecule has 148 valence electrons. The molecule has 0 aliphatic carbocycles. The molecule has 28 heavy (non-hydrogen) atoms. The van der Waals surface area contributed by atoms with Crippen LogP contribution in [0.3, 0.4) is 0 Å². The monoisotopic (exact) mass is 382 g/mol. The van der Waals surface area contributed by atoms with Crippen LogP contribution in [0.1, 0.15) is 58.8 Å². The lowest BCUT2D eigenvalue weighted by Crippen LogP contribution is -2.31. The second-order valence-corrected chi connectivity index (χ2v) is 7.53. The van der Waals surface area contributed by atoms with Gasteiger partial charge in [0, 0.05) is 25.1 Å². The normalized spacial score (nSPS) is 16.2. The third-order valence-electron chi connectivity index (χ3n) is 5.16. The molecular weight excluding hydrogens is 355 g/mol. The minimum absolute atomic E-state index is 0.137. The Bertz CT molecular complexity index is 828. The number of hydrogen-bond acceptors (Lipinski definition) is 2. The van der Waals surface area contributed by atoms with Crippen molar-refractivity contribution in [2.45, 2.75) is 45.6 Å². The number of carbonyl (C=O) groups excluding carboxylic acids is 2. The summed E-state index contributed by atoms with van der Waals surface area (Å²) in [6.07, 6.45) is 3.01. The predicted octanol–water partition coefficient (Wildman–Crippen LogP) is 4.32. The largest absolute Gasteiger partial charge is 0.352 e. The fourth-order valence-electron chi connectivity index (χ4n) is 3.90. The van der Waals surface area contributed by atoms with E-state index < -0.39 is 0 Å². The first-order valence-corrected chi connectivity index (χ1v) is 9.85. The Hall–Kier alpha value is -2.69. The van der Waals surface area contributed by atoms with Crippen molar-refractivity contribution in [1.29, 1.82) is 0 Å². The first-order chi connectivity index (χ1) is 13.4. The molecule has 1 unspecified atom stereocenters. The van der Waals surface area contributed by atoms with Crippen molar-refractivity contribution in [2.75, 3.05) is 13.1 Å². The molecule has 1 N–H and O–H groups in total. The second-order valence-electron chi connectivity index (χ2n) is 7.53. The number of halogens is 1. The molecule has 0 radical (unpaired) electrons. The summed E-state index contributed by atoms with van der Waals surface area (Å²) in [6, 6.07) is 12.1. The van der Waals surface area contributed by atoms with Crippen LogP contribution in [0.15, 0.2) is 42.5 Å². The van der Waals surface area contributed by atoms with Crippen LogP contribution in [0.25, 0.3) is 0 Å². The maximum absolute atomic E-state index is 12.9. The number of rotatable bonds is 6. The fourth-order valence-corrected chi connectivity index (χ4v) is 3.90. The van der Waals surface area contributed by atoms with Crippen molar-refractivity contribution >= 4 is 11.8 Å². The van der Waals surface area contributed by atoms with E-state index in [-0.39, 0.29) is 23.7 Å². The summed E-state index contributed by atoms with van der Waals surface area (Å²) in [5, 5.41) is 2.79. The van der Waals surface area contributed by atoms with Crippen LogP contribution in [-0.4, -0.2) is 29.8 Å². The number of hydrogen-bond donors (Lipinski definition) is 1. The summed E-state index contributed by atoms with van der Waals surface area (Å²) in [6.45, 7) is 5.38. The lowest BCUT2D eigenvalue weighted by Gasteiger charge is -2.26. The number of nitrogens with zero attached hydrogens (tertiary/aromatic N) is 1. The Kier molecular flexibility index (Phi) is 6.45. The minimum atomic E-state index is -0.369. The van der Waals surface area contributed by atoms with Crippen LogP contribution >= 0.6 is 0 Å². The first-order valence-electron chi connectivity index (χ1n) is 9.85. The maximum atomic E-state index is 12.9. The van der Waals surface area contributed by atoms with Gasteiger partial charge in [-0.1, -0.05) is 29.3 Å². The molecule has 5 heteroatoms. The van der Waals surface area contributed by atoms with E-state index in [4.69, 9.17) is 0 Å². The van der Waals surface area contributed by atoms with Crippen LogP contribution in [-0.2, 0) is 4.79 Å². The third kappa shape index (κ3) is 4.97. The molecule has 1 heterocycles. The number of amides is 2. The Morgan fingerprint density at radius 3 is 2.46 bits per heavy atom. The Morgan fingerprint density at radius 1 is 1.11 bits per heavy atom. The summed E-state index contributed by atoms with van der Waals surface area (Å²) < 4.78 is 12.9. The molecule has 1 saturated heterocycles. The van der Waals surface area contributed by atoms with Gasteiger partial charge in [-0.25, -0.2) is 4.39 Å². The van der Waals surface area contributed by atoms with Gasteiger partial charge in [0.15, 0.2) is 0 Å². The SMILES string of the molecule is Cc1cc(C)cc(C2CCCN2C(=O)CCCNC(=O)c2ccc(F)cc2)c1. The number of nitrogens with one attached hydrogen (secondary N) is 1. The van der Waals surface area contributed by atoms with E-state index in [2.05, 4.69) is 37.4 Å². The van der Waals surface area contributed by atoms with Crippen LogP contribution in [0.4, 0.5) is 4.39 Å². The summed E-state index contributed by atoms with van der Waals surface area (Å²) in [5.41, 5.74) is 4.07. The van der Waals surface area contributed by atoms with E-state index in [9.17, 15) is 14.0 Å². The van der Waals surface area contributed by atoms with Crippen molar-refractivity contribution in [3.8, 4) is 0 Å². The Labute approximate surface area is 165 Å². The highest BCUT2D eigenvalue weighted by molar-refractivity contribution is 5.94. The number of likely N-dealkylation sites (tertiary alicyclic amines) is 1. The highest BCUT2D eigenvalue weighted by Crippen LogP contribution is 2.33. The van der Waals surface area contributed by atoms with Gasteiger partial charge in [0.2, 0.25) is 5.91 Å². The van der Waals surface area contributed by atoms with Crippen molar-refractivity contribution in [2.24, 2.45) is 0 Å². The van der Waals surface area contributed by atoms with Crippen LogP contribution in [0.2, 0.25) is 0 Å². The quantitative estimate of drug-likeness (QED) is 0.757. The third-order valence-corrected chi connectivity index (χ3v) is 5.16. The smallest absolute Gasteiger partial charge is 0.251 e. The van der Waals surface area contributed by atoms with E-state index in [1.165, 1.54) is 41.0 Å². The van der Waals surface area contributed by atoms with Crippen LogP contribution in [0.5, 0.6) is 0 Å². The van der Waals surface area contributed by atoms with Crippen LogP contribution < -0.4 is 5.32 Å². The molecule has 4 nitrogen and oxygen atoms in total. The molecule has 1 fully saturated rings. The zero-order valence-electron chi connectivity index (χ0n) is 16.5. The zero-order chi connectivity index (χ0) is 20.1. The summed E-state index contributed by atoms with van der Waals surface area (Å²) >= 11 is 0. The summed E-state index contributed by atoms with van der Waals surface area (Å²) in [5.74, 6) is -0.481. The summed E-state index contributed by atoms with van der Waals surface area (Å²) in [4.78, 5) is 26.7. The van der Waals surface area contributed by atoms with E-state index >= 15 is 0 Å². The van der Waals surface area contributed by atoms with Crippen LogP contribution in [0, 0.1) is 19.7 Å². The number of benzene rings is 2. The van der Waals surface area contributed by atoms with Gasteiger partial charge < -0.3 is 10.2 Å². The molecule has 2 aromatic rings. The van der Waals surface area contributed by atoms with E-state index in [1.54, 1.807) is 0 Å². The van der Waals surface area contributed by atoms with Gasteiger partial charge in [-0.3, -0.25) is 9.59 Å². The molecule has 1 atom stereocenters. The van der Waals surface area contributed by atoms with Crippen molar-refractivity contribution in [3.63, 3.8) is 0 Å². The predicted molar refractivity (Wildman–Crippen MR) is 108 cm³/mol. The maximum Gasteiger partial charge on any atom is 0.251 e. The van der Waals surface area contributed by atoms with Crippen molar-refractivity contribution in [1.82, 2.24) is 10.2 Å². The molecule has 2 aromatic carbocycles. The Morgan fingerprint density at radius 2 is 1.79 bits per heavy atom. The molecule has 0 bridgehead atoms. The van der Waals surface area contributed by atoms with Gasteiger partial charge >= 0.3 is 0 Å². The van der Waals surface area contributed by atoms with Crippen molar-refractivity contribution < 1.29 is 14.0 Å². The molecule has 0 aromatic heterocycles. The van der Waals surface area contributed by atoms with E-state index in [0.29, 0.717) is 24.9 Å². The molecule has 3 rings (SSSR count). The lowest BCUT2D eigenvalue weighted by atomic mass is 9.99. The molecule has 1 aliphatic rings. The topological polar surface area (TPSA) is 49.4 Å². The van der Waals surface area contributed by atoms with Gasteiger partial charge in [0.05, 0.1) is 6.04 Å². The van der Waals surface area contributed by atoms with Gasteiger partial charge in [-0.2, -0.15) is 0 Å². The standard InChI is InChI=1S/C23H27FN2O2/c1-16-13-17(2)15-19(14-16)21-5-4-12-26(21)22(27)6-3-11-25-23(28)18-7-9-20(24)10-8-18/h7-10,13-15,21H,3-6,11-12H2,1-2H3,(H,25,28). The van der Waals surface area contributed by atoms with Gasteiger partial charge in [0.25, 0.3) is 5.91 Å². The average molecular weight is 382 g/mol. The zero-order valence-corrected chi connectivity index (χ0v) is 16.5. The van der Waals surface area contributed by atoms with E-state index in [1.807, 2.05) is 4.90 Å². The molecule has 0 saturated carbocycles. The Balaban J connectivity index is 1.50. The lowest BCUT2D eigenvalue weighted by molar-refractivity contribution is -0.132. The molecular formula is C23H27FN2O2.